The number of unbranched alkanes of at least 4 members (excludes halogenated alkanes) is 1. The van der Waals surface area contributed by atoms with Crippen LogP contribution in [-0.4, -0.2) is 308 Å². The number of aliphatic carboxylic acids is 1. The van der Waals surface area contributed by atoms with Gasteiger partial charge in [-0.15, -0.1) is 0 Å². The first-order chi connectivity index (χ1) is 58.3. The summed E-state index contributed by atoms with van der Waals surface area (Å²) in [6.07, 6.45) is -4.52. The van der Waals surface area contributed by atoms with Crippen LogP contribution in [0.3, 0.4) is 0 Å². The molecular weight excluding hydrogens is 1640 g/mol. The third kappa shape index (κ3) is 40.0. The lowest BCUT2D eigenvalue weighted by Crippen LogP contribution is -2.62. The van der Waals surface area contributed by atoms with E-state index in [0.717, 1.165) is 6.92 Å². The molecule has 17 amide bonds. The van der Waals surface area contributed by atoms with Crippen molar-refractivity contribution in [3.05, 3.63) is 59.7 Å². The minimum Gasteiger partial charge on any atom is -0.508 e. The lowest BCUT2D eigenvalue weighted by Gasteiger charge is -2.28. The molecule has 0 bridgehead atoms. The first kappa shape index (κ1) is 108. The van der Waals surface area contributed by atoms with E-state index in [1.54, 1.807) is 27.7 Å². The van der Waals surface area contributed by atoms with Crippen molar-refractivity contribution >= 4 is 112 Å². The van der Waals surface area contributed by atoms with Crippen LogP contribution in [0.15, 0.2) is 48.5 Å². The van der Waals surface area contributed by atoms with Crippen LogP contribution in [0.25, 0.3) is 0 Å². The lowest BCUT2D eigenvalue weighted by molar-refractivity contribution is -0.143. The molecule has 0 unspecified atom stereocenters. The van der Waals surface area contributed by atoms with Gasteiger partial charge in [0.15, 0.2) is 5.96 Å². The van der Waals surface area contributed by atoms with Crippen molar-refractivity contribution in [2.24, 2.45) is 40.5 Å². The Morgan fingerprint density at radius 1 is 0.379 bits per heavy atom. The fourth-order valence-electron chi connectivity index (χ4n) is 11.5. The maximum absolute atomic E-state index is 14.2. The summed E-state index contributed by atoms with van der Waals surface area (Å²) < 4.78 is 0. The number of carboxylic acid groups (broad SMARTS) is 1. The Hall–Kier alpha value is -12.5. The molecule has 2 aromatic carbocycles. The van der Waals surface area contributed by atoms with Gasteiger partial charge in [0, 0.05) is 25.8 Å². The molecule has 2 rings (SSSR count). The van der Waals surface area contributed by atoms with Crippen LogP contribution in [-0.2, 0) is 99.1 Å². The summed E-state index contributed by atoms with van der Waals surface area (Å²) in [6.45, 7) is 2.50. The van der Waals surface area contributed by atoms with E-state index in [9.17, 15) is 132 Å². The van der Waals surface area contributed by atoms with E-state index in [4.69, 9.17) is 34.1 Å². The molecule has 124 heavy (non-hydrogen) atoms. The topological polar surface area (TPSA) is 836 Å². The first-order valence-electron chi connectivity index (χ1n) is 39.5. The number of carboxylic acids is 1. The number of amides is 17. The zero-order valence-electron chi connectivity index (χ0n) is 69.4. The molecule has 0 saturated heterocycles. The van der Waals surface area contributed by atoms with Crippen LogP contribution < -0.4 is 114 Å². The number of aliphatic hydroxyl groups excluding tert-OH is 6. The molecule has 0 aliphatic carbocycles. The van der Waals surface area contributed by atoms with Crippen molar-refractivity contribution in [2.45, 2.75) is 215 Å². The van der Waals surface area contributed by atoms with Crippen molar-refractivity contribution in [2.75, 3.05) is 52.7 Å². The van der Waals surface area contributed by atoms with Gasteiger partial charge in [0.2, 0.25) is 100 Å². The summed E-state index contributed by atoms with van der Waals surface area (Å²) >= 11 is 0. The summed E-state index contributed by atoms with van der Waals surface area (Å²) in [7, 11) is 0. The van der Waals surface area contributed by atoms with E-state index in [2.05, 4.69) is 85.1 Å². The van der Waals surface area contributed by atoms with E-state index in [0.29, 0.717) is 5.56 Å². The molecule has 49 heteroatoms. The highest BCUT2D eigenvalue weighted by molar-refractivity contribution is 6.01. The Morgan fingerprint density at radius 2 is 0.742 bits per heavy atom. The Labute approximate surface area is 712 Å². The molecule has 692 valence electrons. The van der Waals surface area contributed by atoms with Crippen LogP contribution >= 0.6 is 0 Å². The molecule has 0 radical (unpaired) electrons. The molecule has 0 heterocycles. The quantitative estimate of drug-likeness (QED) is 0.0166. The number of aliphatic hydroxyl groups is 6. The number of hydrogen-bond acceptors (Lipinski definition) is 29. The normalized spacial score (nSPS) is 15.0. The van der Waals surface area contributed by atoms with Gasteiger partial charge in [-0.1, -0.05) is 52.0 Å². The van der Waals surface area contributed by atoms with Crippen LogP contribution in [0.1, 0.15) is 117 Å². The number of hydrogen-bond donors (Lipinski definition) is 31. The smallest absolute Gasteiger partial charge is 0.328 e. The number of nitrogens with one attached hydrogen (secondary N) is 17. The third-order valence-corrected chi connectivity index (χ3v) is 18.3. The summed E-state index contributed by atoms with van der Waals surface area (Å²) in [5, 5.41) is 135. The standard InChI is InChI=1S/C75H120N22O27/c1-35(2)24-46(89-70(119)53(32-100)94-64(113)45(20-21-56(78)106)87-69(118)52(31-99)95-72(121)51(30-98)92-61(110)43(77)10-9-23-82-75(80)81)65(114)84-37(5)60(109)86-44(11-7-8-22-76)63(112)93-54(33-101)71(120)90-48(26-39-12-16-41(104)17-13-39)62(111)83-29-58(108)85-50(28-57(79)107)68(117)97-59(38(6)103)73(122)91-49(27-40-14-18-42(105)19-15-40)67(116)88-47(25-36(3)4)66(115)96-55(34-102)74(123)124/h12-19,35-38,43-55,59,98-105H,7-11,20-34,76-77H2,1-6H3,(H2,78,106)(H2,79,107)(H,83,111)(H,84,114)(H,85,108)(H,86,109)(H,87,118)(H,88,116)(H,89,119)(H,90,120)(H,91,122)(H,92,110)(H,93,112)(H,94,113)(H,95,121)(H,96,115)(H,97,117)(H,123,124)(H4,80,81,82)/t37-,38+,43-,44-,45-,46-,47-,48-,49-,50-,51-,52-,53-,54-,55-,59-/m0/s1. The molecule has 16 atom stereocenters. The number of carbonyl (C=O) groups excluding carboxylic acids is 17. The number of guanidine groups is 1. The zero-order chi connectivity index (χ0) is 93.8. The number of carbonyl (C=O) groups is 18. The maximum atomic E-state index is 14.2. The Morgan fingerprint density at radius 3 is 1.15 bits per heavy atom. The van der Waals surface area contributed by atoms with Crippen molar-refractivity contribution in [3.8, 4) is 11.5 Å². The number of phenolic OH excluding ortho intramolecular Hbond substituents is 2. The Kier molecular flexibility index (Phi) is 48.1. The maximum Gasteiger partial charge on any atom is 0.328 e. The first-order valence-corrected chi connectivity index (χ1v) is 39.5. The van der Waals surface area contributed by atoms with Crippen LogP contribution in [0.5, 0.6) is 11.5 Å². The molecular formula is C75H120N22O27. The molecule has 0 aliphatic rings. The predicted octanol–water partition coefficient (Wildman–Crippen LogP) is -12.8. The van der Waals surface area contributed by atoms with E-state index < -0.39 is 274 Å². The van der Waals surface area contributed by atoms with E-state index in [1.165, 1.54) is 55.5 Å². The monoisotopic (exact) mass is 1760 g/mol. The predicted molar refractivity (Wildman–Crippen MR) is 435 cm³/mol. The molecule has 49 nitrogen and oxygen atoms in total. The van der Waals surface area contributed by atoms with Gasteiger partial charge in [-0.05, 0) is 119 Å². The van der Waals surface area contributed by atoms with Crippen molar-refractivity contribution in [1.29, 1.82) is 5.41 Å². The Bertz CT molecular complexity index is 3960. The van der Waals surface area contributed by atoms with Gasteiger partial charge < -0.3 is 160 Å². The SMILES string of the molecule is CC(C)C[C@H](NC(=O)[C@H](CO)NC(=O)[C@H](CCC(N)=O)NC(=O)[C@H](CO)NC(=O)[C@H](CO)NC(=O)[C@@H](N)CCCNC(=N)N)C(=O)N[C@@H](C)C(=O)N[C@@H](CCCCN)C(=O)N[C@@H](CO)C(=O)N[C@@H](Cc1ccc(O)cc1)C(=O)NCC(=O)N[C@@H](CC(N)=O)C(=O)N[C@H](C(=O)N[C@@H](Cc1ccc(O)cc1)C(=O)N[C@@H](CC(C)C)C(=O)N[C@@H](CO)C(=O)O)[C@@H](C)O. The van der Waals surface area contributed by atoms with Crippen LogP contribution in [0, 0.1) is 17.2 Å². The van der Waals surface area contributed by atoms with Gasteiger partial charge in [-0.25, -0.2) is 4.79 Å². The second kappa shape index (κ2) is 55.5. The molecule has 0 fully saturated rings. The van der Waals surface area contributed by atoms with Gasteiger partial charge in [0.1, 0.15) is 96.1 Å². The van der Waals surface area contributed by atoms with Gasteiger partial charge in [0.25, 0.3) is 0 Å². The fourth-order valence-corrected chi connectivity index (χ4v) is 11.5. The van der Waals surface area contributed by atoms with E-state index in [-0.39, 0.29) is 93.4 Å². The number of aromatic hydroxyl groups is 2. The summed E-state index contributed by atoms with van der Waals surface area (Å²) in [5.74, 6) is -22.6. The zero-order valence-corrected chi connectivity index (χ0v) is 69.4. The highest BCUT2D eigenvalue weighted by Crippen LogP contribution is 2.17. The molecule has 0 saturated carbocycles. The molecule has 36 N–H and O–H groups in total. The van der Waals surface area contributed by atoms with Gasteiger partial charge >= 0.3 is 5.97 Å². The number of nitrogens with two attached hydrogens (primary N) is 5. The summed E-state index contributed by atoms with van der Waals surface area (Å²) in [4.78, 5) is 243. The van der Waals surface area contributed by atoms with Crippen molar-refractivity contribution in [3.63, 3.8) is 0 Å². The second-order valence-electron chi connectivity index (χ2n) is 29.8. The average molecular weight is 1760 g/mol. The Balaban J connectivity index is 2.36. The minimum absolute atomic E-state index is 0.0397. The number of rotatable bonds is 58. The van der Waals surface area contributed by atoms with Crippen molar-refractivity contribution < 1.29 is 132 Å². The largest absolute Gasteiger partial charge is 0.508 e. The fraction of sp³-hybridized carbons (Fsp3) is 0.587. The highest BCUT2D eigenvalue weighted by atomic mass is 16.4. The van der Waals surface area contributed by atoms with E-state index in [1.807, 2.05) is 0 Å². The number of phenols is 2. The lowest BCUT2D eigenvalue weighted by atomic mass is 10.00. The third-order valence-electron chi connectivity index (χ3n) is 18.3. The number of primary amides is 2. The van der Waals surface area contributed by atoms with E-state index >= 15 is 0 Å². The summed E-state index contributed by atoms with van der Waals surface area (Å²) in [5.41, 5.74) is 28.2. The highest BCUT2D eigenvalue weighted by Gasteiger charge is 2.39. The summed E-state index contributed by atoms with van der Waals surface area (Å²) in [6, 6.07) is -15.4. The van der Waals surface area contributed by atoms with Crippen LogP contribution in [0.4, 0.5) is 0 Å². The van der Waals surface area contributed by atoms with Gasteiger partial charge in [0.05, 0.1) is 58.1 Å². The molecule has 0 aliphatic heterocycles. The average Bonchev–Trinajstić information content (AvgIpc) is 0.850. The van der Waals surface area contributed by atoms with Gasteiger partial charge in [-0.2, -0.15) is 0 Å². The second-order valence-corrected chi connectivity index (χ2v) is 29.8. The minimum atomic E-state index is -2.01. The molecule has 0 spiro atoms. The van der Waals surface area contributed by atoms with Crippen molar-refractivity contribution in [1.82, 2.24) is 85.1 Å². The number of benzene rings is 2. The van der Waals surface area contributed by atoms with Gasteiger partial charge in [-0.3, -0.25) is 86.9 Å². The molecule has 2 aromatic rings. The molecule has 0 aromatic heterocycles. The van der Waals surface area contributed by atoms with Crippen LogP contribution in [0.2, 0.25) is 0 Å².